The second-order valence-electron chi connectivity index (χ2n) is 4.90. The van der Waals surface area contributed by atoms with Gasteiger partial charge in [-0.05, 0) is 30.5 Å². The number of hydrogen-bond donors (Lipinski definition) is 2. The van der Waals surface area contributed by atoms with Crippen molar-refractivity contribution in [3.8, 4) is 0 Å². The zero-order valence-corrected chi connectivity index (χ0v) is 12.0. The molecule has 1 heterocycles. The fourth-order valence-electron chi connectivity index (χ4n) is 2.36. The molecule has 2 atom stereocenters. The van der Waals surface area contributed by atoms with Crippen LogP contribution >= 0.6 is 15.9 Å². The van der Waals surface area contributed by atoms with Gasteiger partial charge in [-0.3, -0.25) is 4.79 Å². The van der Waals surface area contributed by atoms with Crippen molar-refractivity contribution in [2.24, 2.45) is 17.4 Å². The molecule has 5 heteroatoms. The van der Waals surface area contributed by atoms with E-state index in [-0.39, 0.29) is 11.9 Å². The molecule has 0 radical (unpaired) electrons. The molecule has 1 aromatic rings. The van der Waals surface area contributed by atoms with Crippen molar-refractivity contribution in [1.29, 1.82) is 0 Å². The molecular weight excluding hydrogens is 294 g/mol. The number of nitrogens with two attached hydrogens (primary N) is 2. The number of carbonyl (C=O) groups is 1. The van der Waals surface area contributed by atoms with E-state index in [4.69, 9.17) is 11.5 Å². The van der Waals surface area contributed by atoms with Crippen molar-refractivity contribution in [3.63, 3.8) is 0 Å². The van der Waals surface area contributed by atoms with E-state index in [1.807, 2.05) is 12.1 Å². The van der Waals surface area contributed by atoms with Gasteiger partial charge in [-0.2, -0.15) is 0 Å². The maximum Gasteiger partial charge on any atom is 0.250 e. The third kappa shape index (κ3) is 2.67. The lowest BCUT2D eigenvalue weighted by Gasteiger charge is -2.37. The monoisotopic (exact) mass is 311 g/mol. The third-order valence-corrected chi connectivity index (χ3v) is 4.03. The average Bonchev–Trinajstić information content (AvgIpc) is 2.32. The average molecular weight is 312 g/mol. The summed E-state index contributed by atoms with van der Waals surface area (Å²) in [7, 11) is 0. The molecule has 1 saturated heterocycles. The van der Waals surface area contributed by atoms with Crippen molar-refractivity contribution in [3.05, 3.63) is 28.2 Å². The Kier molecular flexibility index (Phi) is 3.92. The number of amides is 1. The van der Waals surface area contributed by atoms with Crippen LogP contribution in [0.2, 0.25) is 0 Å². The fraction of sp³-hybridized carbons (Fsp3) is 0.462. The summed E-state index contributed by atoms with van der Waals surface area (Å²) in [5.41, 5.74) is 12.9. The first kappa shape index (κ1) is 13.4. The molecule has 18 heavy (non-hydrogen) atoms. The Morgan fingerprint density at radius 3 is 2.83 bits per heavy atom. The first-order chi connectivity index (χ1) is 8.49. The molecule has 1 amide bonds. The summed E-state index contributed by atoms with van der Waals surface area (Å²) in [6.45, 7) is 3.86. The second-order valence-corrected chi connectivity index (χ2v) is 5.82. The zero-order chi connectivity index (χ0) is 13.3. The van der Waals surface area contributed by atoms with E-state index in [1.54, 1.807) is 6.07 Å². The highest BCUT2D eigenvalue weighted by Gasteiger charge is 2.25. The Morgan fingerprint density at radius 2 is 2.22 bits per heavy atom. The quantitative estimate of drug-likeness (QED) is 0.873. The standard InChI is InChI=1S/C13H18BrN3O/c1-8-7-17(5-4-11(8)15)12-6-9(14)2-3-10(12)13(16)18/h2-3,6,8,11H,4-5,7,15H2,1H3,(H2,16,18). The van der Waals surface area contributed by atoms with Crippen LogP contribution in [0.5, 0.6) is 0 Å². The van der Waals surface area contributed by atoms with Crippen molar-refractivity contribution < 1.29 is 4.79 Å². The molecule has 0 aromatic heterocycles. The summed E-state index contributed by atoms with van der Waals surface area (Å²) in [4.78, 5) is 13.7. The van der Waals surface area contributed by atoms with E-state index in [1.165, 1.54) is 0 Å². The number of primary amides is 1. The maximum absolute atomic E-state index is 11.5. The van der Waals surface area contributed by atoms with Crippen LogP contribution in [0.3, 0.4) is 0 Å². The number of halogens is 1. The van der Waals surface area contributed by atoms with Gasteiger partial charge in [0.05, 0.1) is 11.3 Å². The van der Waals surface area contributed by atoms with E-state index >= 15 is 0 Å². The first-order valence-corrected chi connectivity index (χ1v) is 6.88. The molecule has 0 spiro atoms. The van der Waals surface area contributed by atoms with Crippen molar-refractivity contribution >= 4 is 27.5 Å². The van der Waals surface area contributed by atoms with Gasteiger partial charge >= 0.3 is 0 Å². The summed E-state index contributed by atoms with van der Waals surface area (Å²) in [6, 6.07) is 5.79. The highest BCUT2D eigenvalue weighted by atomic mass is 79.9. The number of nitrogens with zero attached hydrogens (tertiary/aromatic N) is 1. The van der Waals surface area contributed by atoms with Gasteiger partial charge in [0.15, 0.2) is 0 Å². The first-order valence-electron chi connectivity index (χ1n) is 6.09. The smallest absolute Gasteiger partial charge is 0.250 e. The molecule has 4 nitrogen and oxygen atoms in total. The van der Waals surface area contributed by atoms with Crippen LogP contribution in [0.4, 0.5) is 5.69 Å². The number of rotatable bonds is 2. The van der Waals surface area contributed by atoms with Gasteiger partial charge in [-0.25, -0.2) is 0 Å². The molecule has 1 aliphatic heterocycles. The lowest BCUT2D eigenvalue weighted by molar-refractivity contribution is 0.100. The largest absolute Gasteiger partial charge is 0.370 e. The Morgan fingerprint density at radius 1 is 1.50 bits per heavy atom. The van der Waals surface area contributed by atoms with Crippen LogP contribution in [0.15, 0.2) is 22.7 Å². The molecule has 1 aliphatic rings. The van der Waals surface area contributed by atoms with Gasteiger partial charge in [-0.15, -0.1) is 0 Å². The van der Waals surface area contributed by atoms with Gasteiger partial charge in [0.1, 0.15) is 0 Å². The molecule has 4 N–H and O–H groups in total. The van der Waals surface area contributed by atoms with Gasteiger partial charge in [0.25, 0.3) is 5.91 Å². The lowest BCUT2D eigenvalue weighted by Crippen LogP contribution is -2.46. The highest BCUT2D eigenvalue weighted by Crippen LogP contribution is 2.28. The normalized spacial score (nSPS) is 24.1. The molecule has 0 saturated carbocycles. The molecule has 2 rings (SSSR count). The van der Waals surface area contributed by atoms with Crippen LogP contribution in [0.25, 0.3) is 0 Å². The Labute approximate surface area is 115 Å². The van der Waals surface area contributed by atoms with Gasteiger partial charge in [0, 0.05) is 23.6 Å². The topological polar surface area (TPSA) is 72.3 Å². The minimum atomic E-state index is -0.389. The minimum absolute atomic E-state index is 0.241. The molecule has 0 aliphatic carbocycles. The van der Waals surface area contributed by atoms with E-state index in [2.05, 4.69) is 27.8 Å². The van der Waals surface area contributed by atoms with Crippen LogP contribution in [-0.2, 0) is 0 Å². The number of benzene rings is 1. The number of carbonyl (C=O) groups excluding carboxylic acids is 1. The van der Waals surface area contributed by atoms with Crippen LogP contribution in [0.1, 0.15) is 23.7 Å². The third-order valence-electron chi connectivity index (χ3n) is 3.54. The molecule has 0 bridgehead atoms. The Balaban J connectivity index is 2.32. The Hall–Kier alpha value is -1.07. The Bertz CT molecular complexity index is 464. The summed E-state index contributed by atoms with van der Waals surface area (Å²) in [6.07, 6.45) is 0.936. The van der Waals surface area contributed by atoms with Gasteiger partial charge < -0.3 is 16.4 Å². The lowest BCUT2D eigenvalue weighted by atomic mass is 9.94. The van der Waals surface area contributed by atoms with Crippen molar-refractivity contribution in [1.82, 2.24) is 0 Å². The molecule has 98 valence electrons. The predicted molar refractivity (Wildman–Crippen MR) is 76.6 cm³/mol. The second kappa shape index (κ2) is 5.28. The highest BCUT2D eigenvalue weighted by molar-refractivity contribution is 9.10. The minimum Gasteiger partial charge on any atom is -0.370 e. The number of hydrogen-bond acceptors (Lipinski definition) is 3. The van der Waals surface area contributed by atoms with E-state index in [0.29, 0.717) is 11.5 Å². The summed E-state index contributed by atoms with van der Waals surface area (Å²) in [5.74, 6) is 0.0264. The predicted octanol–water partition coefficient (Wildman–Crippen LogP) is 1.72. The molecular formula is C13H18BrN3O. The zero-order valence-electron chi connectivity index (χ0n) is 10.4. The number of piperidine rings is 1. The SMILES string of the molecule is CC1CN(c2cc(Br)ccc2C(N)=O)CCC1N. The number of anilines is 1. The fourth-order valence-corrected chi connectivity index (χ4v) is 2.71. The van der Waals surface area contributed by atoms with Gasteiger partial charge in [0.2, 0.25) is 0 Å². The van der Waals surface area contributed by atoms with Crippen LogP contribution in [0, 0.1) is 5.92 Å². The van der Waals surface area contributed by atoms with Crippen LogP contribution in [-0.4, -0.2) is 25.0 Å². The maximum atomic E-state index is 11.5. The van der Waals surface area contributed by atoms with Crippen molar-refractivity contribution in [2.75, 3.05) is 18.0 Å². The van der Waals surface area contributed by atoms with E-state index in [9.17, 15) is 4.79 Å². The van der Waals surface area contributed by atoms with Crippen molar-refractivity contribution in [2.45, 2.75) is 19.4 Å². The summed E-state index contributed by atoms with van der Waals surface area (Å²) >= 11 is 3.44. The molecule has 1 aromatic carbocycles. The van der Waals surface area contributed by atoms with E-state index < -0.39 is 0 Å². The van der Waals surface area contributed by atoms with Gasteiger partial charge in [-0.1, -0.05) is 22.9 Å². The summed E-state index contributed by atoms with van der Waals surface area (Å²) in [5, 5.41) is 0. The van der Waals surface area contributed by atoms with Crippen LogP contribution < -0.4 is 16.4 Å². The molecule has 2 unspecified atom stereocenters. The summed E-state index contributed by atoms with van der Waals surface area (Å²) < 4.78 is 0.949. The molecule has 1 fully saturated rings. The van der Waals surface area contributed by atoms with E-state index in [0.717, 1.165) is 29.7 Å².